The summed E-state index contributed by atoms with van der Waals surface area (Å²) in [7, 11) is 0. The van der Waals surface area contributed by atoms with Gasteiger partial charge < -0.3 is 9.57 Å². The first-order valence-corrected chi connectivity index (χ1v) is 4.42. The summed E-state index contributed by atoms with van der Waals surface area (Å²) in [5, 5.41) is 1.65. The molecule has 70 valence electrons. The summed E-state index contributed by atoms with van der Waals surface area (Å²) in [4.78, 5) is 15.8. The van der Waals surface area contributed by atoms with Crippen LogP contribution in [0, 0.1) is 0 Å². The number of hydrogen-bond donors (Lipinski definition) is 0. The third-order valence-electron chi connectivity index (χ3n) is 1.69. The van der Waals surface area contributed by atoms with Gasteiger partial charge in [0, 0.05) is 13.1 Å². The maximum Gasteiger partial charge on any atom is 0.527 e. The third-order valence-corrected chi connectivity index (χ3v) is 1.69. The van der Waals surface area contributed by atoms with Crippen LogP contribution in [0.25, 0.3) is 0 Å². The zero-order valence-corrected chi connectivity index (χ0v) is 7.41. The van der Waals surface area contributed by atoms with Crippen LogP contribution in [0.1, 0.15) is 26.2 Å². The minimum atomic E-state index is -0.571. The molecular weight excluding hydrogens is 158 g/mol. The topological polar surface area (TPSA) is 38.8 Å². The molecule has 0 unspecified atom stereocenters. The first-order valence-electron chi connectivity index (χ1n) is 4.42. The van der Waals surface area contributed by atoms with Gasteiger partial charge in [-0.15, -0.1) is 5.06 Å². The Bertz CT molecular complexity index is 143. The van der Waals surface area contributed by atoms with Crippen LogP contribution in [-0.4, -0.2) is 30.9 Å². The van der Waals surface area contributed by atoms with E-state index < -0.39 is 6.16 Å². The van der Waals surface area contributed by atoms with Gasteiger partial charge >= 0.3 is 6.16 Å². The number of ether oxygens (including phenoxy) is 1. The van der Waals surface area contributed by atoms with Crippen LogP contribution < -0.4 is 0 Å². The lowest BCUT2D eigenvalue weighted by molar-refractivity contribution is -0.112. The van der Waals surface area contributed by atoms with Gasteiger partial charge in [0.2, 0.25) is 0 Å². The molecule has 0 spiro atoms. The Kier molecular flexibility index (Phi) is 3.87. The third kappa shape index (κ3) is 3.09. The van der Waals surface area contributed by atoms with Crippen LogP contribution in [0.15, 0.2) is 0 Å². The minimum Gasteiger partial charge on any atom is -0.433 e. The molecule has 1 heterocycles. The average molecular weight is 173 g/mol. The first kappa shape index (κ1) is 9.32. The van der Waals surface area contributed by atoms with E-state index in [2.05, 4.69) is 0 Å². The Balaban J connectivity index is 2.08. The summed E-state index contributed by atoms with van der Waals surface area (Å²) < 4.78 is 4.75. The van der Waals surface area contributed by atoms with Gasteiger partial charge in [-0.3, -0.25) is 0 Å². The highest BCUT2D eigenvalue weighted by Crippen LogP contribution is 2.08. The van der Waals surface area contributed by atoms with E-state index in [1.807, 2.05) is 6.92 Å². The lowest BCUT2D eigenvalue weighted by Gasteiger charge is -2.13. The molecule has 4 heteroatoms. The van der Waals surface area contributed by atoms with Gasteiger partial charge in [-0.05, 0) is 19.3 Å². The van der Waals surface area contributed by atoms with Crippen LogP contribution in [0.2, 0.25) is 0 Å². The summed E-state index contributed by atoms with van der Waals surface area (Å²) in [6, 6.07) is 0. The summed E-state index contributed by atoms with van der Waals surface area (Å²) in [6.07, 6.45) is 2.45. The second-order valence-electron chi connectivity index (χ2n) is 2.83. The molecule has 0 aromatic heterocycles. The van der Waals surface area contributed by atoms with Gasteiger partial charge in [-0.1, -0.05) is 6.92 Å². The SMILES string of the molecule is CCCOC(=O)ON1CCCC1. The Morgan fingerprint density at radius 3 is 2.67 bits per heavy atom. The van der Waals surface area contributed by atoms with Crippen molar-refractivity contribution in [3.05, 3.63) is 0 Å². The van der Waals surface area contributed by atoms with Crippen LogP contribution in [0.4, 0.5) is 4.79 Å². The van der Waals surface area contributed by atoms with Crippen molar-refractivity contribution in [2.45, 2.75) is 26.2 Å². The molecule has 1 aliphatic heterocycles. The highest BCUT2D eigenvalue weighted by Gasteiger charge is 2.16. The van der Waals surface area contributed by atoms with Crippen molar-refractivity contribution in [2.24, 2.45) is 0 Å². The molecule has 0 aromatic rings. The van der Waals surface area contributed by atoms with Gasteiger partial charge in [-0.2, -0.15) is 0 Å². The minimum absolute atomic E-state index is 0.437. The monoisotopic (exact) mass is 173 g/mol. The zero-order chi connectivity index (χ0) is 8.81. The molecule has 0 aliphatic carbocycles. The predicted molar refractivity (Wildman–Crippen MR) is 43.5 cm³/mol. The molecule has 0 saturated carbocycles. The smallest absolute Gasteiger partial charge is 0.433 e. The molecular formula is C8H15NO3. The quantitative estimate of drug-likeness (QED) is 0.607. The molecule has 0 atom stereocenters. The molecule has 1 saturated heterocycles. The summed E-state index contributed by atoms with van der Waals surface area (Å²) in [5.74, 6) is 0. The first-order chi connectivity index (χ1) is 5.83. The molecule has 12 heavy (non-hydrogen) atoms. The molecule has 1 fully saturated rings. The van der Waals surface area contributed by atoms with Gasteiger partial charge in [0.05, 0.1) is 6.61 Å². The van der Waals surface area contributed by atoms with Crippen molar-refractivity contribution in [1.82, 2.24) is 5.06 Å². The largest absolute Gasteiger partial charge is 0.527 e. The van der Waals surface area contributed by atoms with E-state index in [-0.39, 0.29) is 0 Å². The molecule has 0 amide bonds. The molecule has 0 bridgehead atoms. The summed E-state index contributed by atoms with van der Waals surface area (Å²) >= 11 is 0. The highest BCUT2D eigenvalue weighted by molar-refractivity contribution is 5.59. The van der Waals surface area contributed by atoms with E-state index in [1.165, 1.54) is 0 Å². The van der Waals surface area contributed by atoms with E-state index in [4.69, 9.17) is 9.57 Å². The van der Waals surface area contributed by atoms with E-state index in [0.717, 1.165) is 32.4 Å². The van der Waals surface area contributed by atoms with Gasteiger partial charge in [0.1, 0.15) is 0 Å². The Morgan fingerprint density at radius 2 is 2.08 bits per heavy atom. The Labute approximate surface area is 72.4 Å². The van der Waals surface area contributed by atoms with E-state index in [9.17, 15) is 4.79 Å². The highest BCUT2D eigenvalue weighted by atomic mass is 16.8. The second-order valence-corrected chi connectivity index (χ2v) is 2.83. The Morgan fingerprint density at radius 1 is 1.42 bits per heavy atom. The standard InChI is InChI=1S/C8H15NO3/c1-2-7-11-8(10)12-9-5-3-4-6-9/h2-7H2,1H3. The number of hydrogen-bond acceptors (Lipinski definition) is 4. The number of rotatable bonds is 3. The number of hydroxylamine groups is 2. The molecule has 1 rings (SSSR count). The van der Waals surface area contributed by atoms with Crippen LogP contribution in [0.5, 0.6) is 0 Å². The summed E-state index contributed by atoms with van der Waals surface area (Å²) in [6.45, 7) is 4.05. The van der Waals surface area contributed by atoms with Crippen LogP contribution in [0.3, 0.4) is 0 Å². The normalized spacial score (nSPS) is 17.8. The van der Waals surface area contributed by atoms with E-state index in [0.29, 0.717) is 6.61 Å². The second kappa shape index (κ2) is 4.98. The van der Waals surface area contributed by atoms with Gasteiger partial charge in [-0.25, -0.2) is 4.79 Å². The molecule has 4 nitrogen and oxygen atoms in total. The fourth-order valence-electron chi connectivity index (χ4n) is 1.10. The van der Waals surface area contributed by atoms with Crippen molar-refractivity contribution in [3.8, 4) is 0 Å². The maximum absolute atomic E-state index is 10.9. The predicted octanol–water partition coefficient (Wildman–Crippen LogP) is 1.56. The van der Waals surface area contributed by atoms with E-state index in [1.54, 1.807) is 5.06 Å². The van der Waals surface area contributed by atoms with Crippen LogP contribution >= 0.6 is 0 Å². The van der Waals surface area contributed by atoms with Gasteiger partial charge in [0.25, 0.3) is 0 Å². The van der Waals surface area contributed by atoms with Crippen molar-refractivity contribution in [2.75, 3.05) is 19.7 Å². The van der Waals surface area contributed by atoms with Crippen molar-refractivity contribution in [3.63, 3.8) is 0 Å². The lowest BCUT2D eigenvalue weighted by Crippen LogP contribution is -2.24. The van der Waals surface area contributed by atoms with Crippen molar-refractivity contribution in [1.29, 1.82) is 0 Å². The van der Waals surface area contributed by atoms with Crippen molar-refractivity contribution < 1.29 is 14.4 Å². The zero-order valence-electron chi connectivity index (χ0n) is 7.41. The molecule has 0 N–H and O–H groups in total. The van der Waals surface area contributed by atoms with Crippen molar-refractivity contribution >= 4 is 6.16 Å². The van der Waals surface area contributed by atoms with Crippen LogP contribution in [-0.2, 0) is 9.57 Å². The number of nitrogens with zero attached hydrogens (tertiary/aromatic N) is 1. The maximum atomic E-state index is 10.9. The van der Waals surface area contributed by atoms with E-state index >= 15 is 0 Å². The fraction of sp³-hybridized carbons (Fsp3) is 0.875. The van der Waals surface area contributed by atoms with Gasteiger partial charge in [0.15, 0.2) is 0 Å². The molecule has 0 aromatic carbocycles. The summed E-state index contributed by atoms with van der Waals surface area (Å²) in [5.41, 5.74) is 0. The fourth-order valence-corrected chi connectivity index (χ4v) is 1.10. The lowest BCUT2D eigenvalue weighted by atomic mass is 10.4. The number of carbonyl (C=O) groups excluding carboxylic acids is 1. The average Bonchev–Trinajstić information content (AvgIpc) is 2.53. The molecule has 1 aliphatic rings. The number of carbonyl (C=O) groups is 1. The molecule has 0 radical (unpaired) electrons. The Hall–Kier alpha value is -0.770.